The summed E-state index contributed by atoms with van der Waals surface area (Å²) in [5.74, 6) is -2.12. The van der Waals surface area contributed by atoms with Crippen LogP contribution in [0.1, 0.15) is 23.3 Å². The zero-order valence-corrected chi connectivity index (χ0v) is 22.8. The molecule has 1 aliphatic heterocycles. The van der Waals surface area contributed by atoms with Crippen molar-refractivity contribution in [1.82, 2.24) is 20.4 Å². The van der Waals surface area contributed by atoms with Gasteiger partial charge in [-0.2, -0.15) is 0 Å². The van der Waals surface area contributed by atoms with Gasteiger partial charge in [0.25, 0.3) is 11.8 Å². The Balaban J connectivity index is 1.39. The summed E-state index contributed by atoms with van der Waals surface area (Å²) in [6, 6.07) is 23.6. The Kier molecular flexibility index (Phi) is 6.22. The zero-order chi connectivity index (χ0) is 27.9. The summed E-state index contributed by atoms with van der Waals surface area (Å²) < 4.78 is 5.17. The summed E-state index contributed by atoms with van der Waals surface area (Å²) in [6.07, 6.45) is -0.0422. The maximum Gasteiger partial charge on any atom is 0.382 e. The van der Waals surface area contributed by atoms with E-state index in [0.717, 1.165) is 27.1 Å². The first kappa shape index (κ1) is 25.0. The molecule has 1 aliphatic rings. The number of aromatic nitrogens is 3. The van der Waals surface area contributed by atoms with Crippen molar-refractivity contribution in [1.29, 1.82) is 0 Å². The largest absolute Gasteiger partial charge is 0.382 e. The number of thiophene rings is 2. The molecule has 0 spiro atoms. The predicted octanol–water partition coefficient (Wildman–Crippen LogP) is 6.63. The molecule has 200 valence electrons. The number of hydrogen-bond donors (Lipinski definition) is 0. The van der Waals surface area contributed by atoms with Crippen LogP contribution < -0.4 is 0 Å². The minimum atomic E-state index is -0.954. The lowest BCUT2D eigenvalue weighted by Crippen LogP contribution is -2.32. The molecule has 0 unspecified atom stereocenters. The number of fused-ring (bicyclic) bond motifs is 1. The molecule has 0 saturated carbocycles. The van der Waals surface area contributed by atoms with Gasteiger partial charge in [0.15, 0.2) is 11.2 Å². The van der Waals surface area contributed by atoms with E-state index in [0.29, 0.717) is 32.2 Å². The van der Waals surface area contributed by atoms with Crippen LogP contribution in [-0.4, -0.2) is 38.1 Å². The summed E-state index contributed by atoms with van der Waals surface area (Å²) in [7, 11) is 0. The molecule has 0 bridgehead atoms. The molecule has 41 heavy (non-hydrogen) atoms. The Morgan fingerprint density at radius 3 is 1.95 bits per heavy atom. The highest BCUT2D eigenvalue weighted by Gasteiger charge is 2.35. The molecule has 5 heterocycles. The standard InChI is InChI=1S/C30H18N4O5S2/c35-23-11-12-24(36)34(23)38-30(37)28-25(21-13-19(15-40-21)17-7-3-1-4-8-17)27-29(33-39-32-27)26(31-28)22-14-20(16-41-22)18-9-5-2-6-10-18/h1-10,13-16H,11-12H2. The van der Waals surface area contributed by atoms with Crippen LogP contribution in [0, 0.1) is 0 Å². The van der Waals surface area contributed by atoms with Crippen molar-refractivity contribution in [3.63, 3.8) is 0 Å². The number of amides is 2. The maximum atomic E-state index is 13.6. The Morgan fingerprint density at radius 2 is 1.32 bits per heavy atom. The number of rotatable bonds is 6. The summed E-state index contributed by atoms with van der Waals surface area (Å²) in [5.41, 5.74) is 5.25. The van der Waals surface area contributed by atoms with E-state index in [9.17, 15) is 14.4 Å². The van der Waals surface area contributed by atoms with Gasteiger partial charge in [-0.15, -0.1) is 27.7 Å². The fourth-order valence-electron chi connectivity index (χ4n) is 4.67. The zero-order valence-electron chi connectivity index (χ0n) is 21.1. The first-order valence-electron chi connectivity index (χ1n) is 12.6. The molecule has 0 N–H and O–H groups in total. The van der Waals surface area contributed by atoms with E-state index in [1.807, 2.05) is 83.6 Å². The van der Waals surface area contributed by atoms with Crippen LogP contribution in [0.4, 0.5) is 0 Å². The Bertz CT molecular complexity index is 1930. The normalized spacial score (nSPS) is 13.3. The van der Waals surface area contributed by atoms with Crippen LogP contribution in [-0.2, 0) is 14.4 Å². The van der Waals surface area contributed by atoms with Gasteiger partial charge in [0.05, 0.1) is 10.4 Å². The van der Waals surface area contributed by atoms with Gasteiger partial charge in [-0.25, -0.2) is 14.4 Å². The minimum Gasteiger partial charge on any atom is -0.323 e. The van der Waals surface area contributed by atoms with Crippen molar-refractivity contribution < 1.29 is 23.9 Å². The van der Waals surface area contributed by atoms with E-state index < -0.39 is 17.8 Å². The van der Waals surface area contributed by atoms with Gasteiger partial charge in [-0.1, -0.05) is 60.7 Å². The Labute approximate surface area is 240 Å². The third-order valence-electron chi connectivity index (χ3n) is 6.68. The first-order chi connectivity index (χ1) is 20.1. The smallest absolute Gasteiger partial charge is 0.323 e. The second kappa shape index (κ2) is 10.2. The molecule has 0 radical (unpaired) electrons. The monoisotopic (exact) mass is 578 g/mol. The van der Waals surface area contributed by atoms with Crippen LogP contribution in [0.5, 0.6) is 0 Å². The molecule has 6 aromatic rings. The number of pyridine rings is 1. The van der Waals surface area contributed by atoms with E-state index in [2.05, 4.69) is 10.3 Å². The molecule has 4 aromatic heterocycles. The molecular weight excluding hydrogens is 560 g/mol. The van der Waals surface area contributed by atoms with E-state index in [1.165, 1.54) is 22.7 Å². The molecule has 0 atom stereocenters. The molecule has 9 nitrogen and oxygen atoms in total. The molecule has 11 heteroatoms. The van der Waals surface area contributed by atoms with Crippen molar-refractivity contribution in [2.75, 3.05) is 0 Å². The van der Waals surface area contributed by atoms with Crippen LogP contribution in [0.25, 0.3) is 54.3 Å². The lowest BCUT2D eigenvalue weighted by molar-refractivity contribution is -0.172. The van der Waals surface area contributed by atoms with E-state index in [4.69, 9.17) is 14.5 Å². The van der Waals surface area contributed by atoms with Crippen LogP contribution in [0.3, 0.4) is 0 Å². The number of carbonyl (C=O) groups excluding carboxylic acids is 3. The molecule has 1 saturated heterocycles. The highest BCUT2D eigenvalue weighted by Crippen LogP contribution is 2.42. The molecule has 0 aliphatic carbocycles. The summed E-state index contributed by atoms with van der Waals surface area (Å²) in [6.45, 7) is 0. The average molecular weight is 579 g/mol. The number of imide groups is 1. The van der Waals surface area contributed by atoms with E-state index >= 15 is 0 Å². The van der Waals surface area contributed by atoms with Gasteiger partial charge in [-0.3, -0.25) is 9.59 Å². The summed E-state index contributed by atoms with van der Waals surface area (Å²) >= 11 is 2.82. The van der Waals surface area contributed by atoms with E-state index in [1.54, 1.807) is 0 Å². The van der Waals surface area contributed by atoms with Gasteiger partial charge in [0.2, 0.25) is 0 Å². The number of nitrogens with zero attached hydrogens (tertiary/aromatic N) is 4. The highest BCUT2D eigenvalue weighted by atomic mass is 32.1. The minimum absolute atomic E-state index is 0.0211. The number of hydroxylamine groups is 2. The van der Waals surface area contributed by atoms with Crippen molar-refractivity contribution in [3.05, 3.63) is 89.3 Å². The highest BCUT2D eigenvalue weighted by molar-refractivity contribution is 7.14. The first-order valence-corrected chi connectivity index (χ1v) is 14.4. The SMILES string of the molecule is O=C(ON1C(=O)CCC1=O)c1nc(-c2cc(-c3ccccc3)cs2)c2nonc2c1-c1cc(-c2ccccc2)cs1. The number of benzene rings is 2. The van der Waals surface area contributed by atoms with Crippen molar-refractivity contribution in [2.24, 2.45) is 0 Å². The quantitative estimate of drug-likeness (QED) is 0.202. The number of carbonyl (C=O) groups is 3. The Morgan fingerprint density at radius 1 is 0.756 bits per heavy atom. The molecular formula is C30H18N4O5S2. The predicted molar refractivity (Wildman–Crippen MR) is 154 cm³/mol. The van der Waals surface area contributed by atoms with Gasteiger partial charge in [0, 0.05) is 17.7 Å². The lowest BCUT2D eigenvalue weighted by atomic mass is 10.0. The van der Waals surface area contributed by atoms with Crippen molar-refractivity contribution in [2.45, 2.75) is 12.8 Å². The second-order valence-electron chi connectivity index (χ2n) is 9.24. The van der Waals surface area contributed by atoms with Crippen molar-refractivity contribution in [3.8, 4) is 43.3 Å². The van der Waals surface area contributed by atoms with Gasteiger partial charge in [0.1, 0.15) is 11.2 Å². The van der Waals surface area contributed by atoms with Gasteiger partial charge in [-0.05, 0) is 55.5 Å². The molecule has 1 fully saturated rings. The fourth-order valence-corrected chi connectivity index (χ4v) is 6.54. The van der Waals surface area contributed by atoms with Gasteiger partial charge < -0.3 is 4.84 Å². The molecule has 2 aromatic carbocycles. The maximum absolute atomic E-state index is 13.6. The van der Waals surface area contributed by atoms with Crippen molar-refractivity contribution >= 4 is 51.5 Å². The van der Waals surface area contributed by atoms with Crippen LogP contribution in [0.2, 0.25) is 0 Å². The topological polar surface area (TPSA) is 115 Å². The third kappa shape index (κ3) is 4.50. The number of hydrogen-bond acceptors (Lipinski definition) is 10. The average Bonchev–Trinajstić information content (AvgIpc) is 3.83. The molecule has 7 rings (SSSR count). The fraction of sp³-hybridized carbons (Fsp3) is 0.0667. The Hall–Kier alpha value is -5.00. The lowest BCUT2D eigenvalue weighted by Gasteiger charge is -2.14. The third-order valence-corrected chi connectivity index (χ3v) is 8.56. The second-order valence-corrected chi connectivity index (χ2v) is 11.1. The molecule has 2 amide bonds. The van der Waals surface area contributed by atoms with Gasteiger partial charge >= 0.3 is 5.97 Å². The summed E-state index contributed by atoms with van der Waals surface area (Å²) in [4.78, 5) is 49.6. The summed E-state index contributed by atoms with van der Waals surface area (Å²) in [5, 5.41) is 12.8. The van der Waals surface area contributed by atoms with E-state index in [-0.39, 0.29) is 18.5 Å². The van der Waals surface area contributed by atoms with Crippen LogP contribution >= 0.6 is 22.7 Å². The van der Waals surface area contributed by atoms with Crippen LogP contribution in [0.15, 0.2) is 88.2 Å².